The summed E-state index contributed by atoms with van der Waals surface area (Å²) >= 11 is 1.65. The fourth-order valence-corrected chi connectivity index (χ4v) is 4.63. The molecule has 6 nitrogen and oxygen atoms in total. The number of piperidine rings is 2. The zero-order valence-electron chi connectivity index (χ0n) is 14.9. The Morgan fingerprint density at radius 1 is 1.08 bits per heavy atom. The van der Waals surface area contributed by atoms with Crippen LogP contribution in [0.25, 0.3) is 11.3 Å². The molecule has 0 bridgehead atoms. The first-order valence-electron chi connectivity index (χ1n) is 9.42. The molecule has 0 aliphatic carbocycles. The summed E-state index contributed by atoms with van der Waals surface area (Å²) in [4.78, 5) is 25.4. The van der Waals surface area contributed by atoms with Crippen LogP contribution in [0.4, 0.5) is 10.9 Å². The number of nitrogens with zero attached hydrogens (tertiary/aromatic N) is 4. The fourth-order valence-electron chi connectivity index (χ4n) is 3.75. The van der Waals surface area contributed by atoms with Crippen molar-refractivity contribution in [2.45, 2.75) is 32.1 Å². The largest absolute Gasteiger partial charge is 0.369 e. The number of hydrogen-bond acceptors (Lipinski definition) is 6. The maximum Gasteiger partial charge on any atom is 0.220 e. The summed E-state index contributed by atoms with van der Waals surface area (Å²) in [6, 6.07) is 4.23. The smallest absolute Gasteiger partial charge is 0.220 e. The third-order valence-electron chi connectivity index (χ3n) is 5.38. The minimum atomic E-state index is -0.177. The Morgan fingerprint density at radius 2 is 1.85 bits per heavy atom. The summed E-state index contributed by atoms with van der Waals surface area (Å²) in [6.07, 6.45) is 7.40. The van der Waals surface area contributed by atoms with Gasteiger partial charge in [-0.1, -0.05) is 0 Å². The van der Waals surface area contributed by atoms with Gasteiger partial charge in [-0.05, 0) is 44.2 Å². The monoisotopic (exact) mass is 371 g/mol. The normalized spacial score (nSPS) is 18.9. The topological polar surface area (TPSA) is 75.4 Å². The highest BCUT2D eigenvalue weighted by molar-refractivity contribution is 7.14. The Kier molecular flexibility index (Phi) is 5.06. The second kappa shape index (κ2) is 7.61. The second-order valence-corrected chi connectivity index (χ2v) is 7.97. The molecule has 2 fully saturated rings. The standard InChI is InChI=1S/C19H25N5OS/c20-18(25)14-6-10-24(11-7-14)19-22-16(13-26-19)15-4-5-17(21-12-15)23-8-2-1-3-9-23/h4-5,12-14H,1-3,6-11H2,(H2,20,25). The maximum absolute atomic E-state index is 11.3. The SMILES string of the molecule is NC(=O)C1CCN(c2nc(-c3ccc(N4CCCCC4)nc3)cs2)CC1. The van der Waals surface area contributed by atoms with Crippen molar-refractivity contribution in [1.82, 2.24) is 9.97 Å². The summed E-state index contributed by atoms with van der Waals surface area (Å²) in [5, 5.41) is 3.11. The quantitative estimate of drug-likeness (QED) is 0.894. The molecular formula is C19H25N5OS. The molecule has 26 heavy (non-hydrogen) atoms. The van der Waals surface area contributed by atoms with E-state index >= 15 is 0 Å². The molecule has 1 amide bonds. The van der Waals surface area contributed by atoms with Crippen LogP contribution >= 0.6 is 11.3 Å². The van der Waals surface area contributed by atoms with Gasteiger partial charge in [-0.2, -0.15) is 0 Å². The van der Waals surface area contributed by atoms with E-state index in [0.717, 1.165) is 61.2 Å². The number of hydrogen-bond donors (Lipinski definition) is 1. The minimum absolute atomic E-state index is 0.0113. The van der Waals surface area contributed by atoms with Crippen molar-refractivity contribution in [2.24, 2.45) is 11.7 Å². The number of thiazole rings is 1. The number of rotatable bonds is 4. The van der Waals surface area contributed by atoms with Crippen molar-refractivity contribution in [3.8, 4) is 11.3 Å². The summed E-state index contributed by atoms with van der Waals surface area (Å²) in [7, 11) is 0. The Balaban J connectivity index is 1.42. The zero-order valence-corrected chi connectivity index (χ0v) is 15.7. The van der Waals surface area contributed by atoms with Gasteiger partial charge in [0.2, 0.25) is 5.91 Å². The molecule has 138 valence electrons. The number of anilines is 2. The number of nitrogens with two attached hydrogens (primary N) is 1. The van der Waals surface area contributed by atoms with Crippen molar-refractivity contribution in [3.05, 3.63) is 23.7 Å². The average Bonchev–Trinajstić information content (AvgIpc) is 3.19. The minimum Gasteiger partial charge on any atom is -0.369 e. The van der Waals surface area contributed by atoms with E-state index < -0.39 is 0 Å². The molecule has 7 heteroatoms. The first-order chi connectivity index (χ1) is 12.7. The highest BCUT2D eigenvalue weighted by Gasteiger charge is 2.24. The molecule has 0 aromatic carbocycles. The van der Waals surface area contributed by atoms with Crippen LogP contribution in [0.3, 0.4) is 0 Å². The Labute approximate surface area is 158 Å². The first-order valence-corrected chi connectivity index (χ1v) is 10.3. The van der Waals surface area contributed by atoms with Crippen LogP contribution in [0.1, 0.15) is 32.1 Å². The molecule has 2 aromatic heterocycles. The van der Waals surface area contributed by atoms with E-state index in [9.17, 15) is 4.79 Å². The molecule has 0 unspecified atom stereocenters. The summed E-state index contributed by atoms with van der Waals surface area (Å²) in [6.45, 7) is 3.89. The molecule has 2 N–H and O–H groups in total. The van der Waals surface area contributed by atoms with E-state index in [4.69, 9.17) is 10.7 Å². The van der Waals surface area contributed by atoms with Gasteiger partial charge in [-0.25, -0.2) is 9.97 Å². The van der Waals surface area contributed by atoms with Crippen LogP contribution < -0.4 is 15.5 Å². The van der Waals surface area contributed by atoms with E-state index in [2.05, 4.69) is 32.3 Å². The number of pyridine rings is 1. The van der Waals surface area contributed by atoms with E-state index in [1.807, 2.05) is 6.20 Å². The van der Waals surface area contributed by atoms with Gasteiger partial charge in [-0.15, -0.1) is 11.3 Å². The molecule has 2 saturated heterocycles. The predicted molar refractivity (Wildman–Crippen MR) is 106 cm³/mol. The fraction of sp³-hybridized carbons (Fsp3) is 0.526. The van der Waals surface area contributed by atoms with Crippen molar-refractivity contribution in [3.63, 3.8) is 0 Å². The number of amides is 1. The number of primary amides is 1. The molecule has 0 atom stereocenters. The van der Waals surface area contributed by atoms with Crippen LogP contribution in [0, 0.1) is 5.92 Å². The van der Waals surface area contributed by atoms with Gasteiger partial charge in [0.05, 0.1) is 5.69 Å². The van der Waals surface area contributed by atoms with Gasteiger partial charge in [-0.3, -0.25) is 4.79 Å². The number of aromatic nitrogens is 2. The van der Waals surface area contributed by atoms with Crippen LogP contribution in [0.2, 0.25) is 0 Å². The van der Waals surface area contributed by atoms with Gasteiger partial charge < -0.3 is 15.5 Å². The zero-order chi connectivity index (χ0) is 17.9. The van der Waals surface area contributed by atoms with Gasteiger partial charge in [0, 0.05) is 49.2 Å². The molecule has 2 aromatic rings. The lowest BCUT2D eigenvalue weighted by atomic mass is 9.97. The highest BCUT2D eigenvalue weighted by Crippen LogP contribution is 2.30. The molecule has 0 spiro atoms. The molecule has 2 aliphatic rings. The Hall–Kier alpha value is -2.15. The van der Waals surface area contributed by atoms with Crippen LogP contribution in [0.5, 0.6) is 0 Å². The molecule has 4 heterocycles. The van der Waals surface area contributed by atoms with Crippen molar-refractivity contribution in [1.29, 1.82) is 0 Å². The van der Waals surface area contributed by atoms with Gasteiger partial charge >= 0.3 is 0 Å². The second-order valence-electron chi connectivity index (χ2n) is 7.13. The van der Waals surface area contributed by atoms with Crippen LogP contribution in [0.15, 0.2) is 23.7 Å². The number of carbonyl (C=O) groups is 1. The Morgan fingerprint density at radius 3 is 2.50 bits per heavy atom. The molecular weight excluding hydrogens is 346 g/mol. The molecule has 2 aliphatic heterocycles. The summed E-state index contributed by atoms with van der Waals surface area (Å²) in [5.74, 6) is 0.902. The lowest BCUT2D eigenvalue weighted by Crippen LogP contribution is -2.38. The summed E-state index contributed by atoms with van der Waals surface area (Å²) < 4.78 is 0. The van der Waals surface area contributed by atoms with Crippen molar-refractivity contribution < 1.29 is 4.79 Å². The lowest BCUT2D eigenvalue weighted by molar-refractivity contribution is -0.122. The van der Waals surface area contributed by atoms with Gasteiger partial charge in [0.15, 0.2) is 5.13 Å². The van der Waals surface area contributed by atoms with Crippen molar-refractivity contribution >= 4 is 28.2 Å². The van der Waals surface area contributed by atoms with Gasteiger partial charge in [0.25, 0.3) is 0 Å². The summed E-state index contributed by atoms with van der Waals surface area (Å²) in [5.41, 5.74) is 7.44. The van der Waals surface area contributed by atoms with E-state index in [1.165, 1.54) is 19.3 Å². The third kappa shape index (κ3) is 3.67. The lowest BCUT2D eigenvalue weighted by Gasteiger charge is -2.30. The number of carbonyl (C=O) groups excluding carboxylic acids is 1. The van der Waals surface area contributed by atoms with E-state index in [-0.39, 0.29) is 11.8 Å². The van der Waals surface area contributed by atoms with E-state index in [0.29, 0.717) is 0 Å². The maximum atomic E-state index is 11.3. The predicted octanol–water partition coefficient (Wildman–Crippen LogP) is 2.90. The van der Waals surface area contributed by atoms with Crippen LogP contribution in [-0.4, -0.2) is 42.1 Å². The van der Waals surface area contributed by atoms with Crippen molar-refractivity contribution in [2.75, 3.05) is 36.0 Å². The highest BCUT2D eigenvalue weighted by atomic mass is 32.1. The van der Waals surface area contributed by atoms with Crippen LogP contribution in [-0.2, 0) is 4.79 Å². The van der Waals surface area contributed by atoms with E-state index in [1.54, 1.807) is 11.3 Å². The third-order valence-corrected chi connectivity index (χ3v) is 6.29. The molecule has 0 saturated carbocycles. The average molecular weight is 372 g/mol. The molecule has 0 radical (unpaired) electrons. The molecule has 4 rings (SSSR count). The Bertz CT molecular complexity index is 746. The first kappa shape index (κ1) is 17.3. The van der Waals surface area contributed by atoms with Gasteiger partial charge in [0.1, 0.15) is 5.82 Å².